The predicted molar refractivity (Wildman–Crippen MR) is 92.7 cm³/mol. The van der Waals surface area contributed by atoms with E-state index in [0.29, 0.717) is 18.0 Å². The van der Waals surface area contributed by atoms with Crippen LogP contribution in [0.1, 0.15) is 55.2 Å². The third kappa shape index (κ3) is 3.19. The Kier molecular flexibility index (Phi) is 4.66. The first-order chi connectivity index (χ1) is 11.5. The van der Waals surface area contributed by atoms with Gasteiger partial charge in [-0.2, -0.15) is 0 Å². The first-order valence-electron chi connectivity index (χ1n) is 8.10. The molecule has 6 heteroatoms. The second-order valence-electron chi connectivity index (χ2n) is 6.04. The summed E-state index contributed by atoms with van der Waals surface area (Å²) in [6.07, 6.45) is 2.65. The van der Waals surface area contributed by atoms with Crippen LogP contribution < -0.4 is 0 Å². The molecule has 1 aliphatic rings. The average molecular weight is 344 g/mol. The quantitative estimate of drug-likeness (QED) is 0.924. The smallest absolute Gasteiger partial charge is 0.335 e. The molecule has 0 atom stereocenters. The molecule has 0 saturated carbocycles. The standard InChI is InChI=1S/C18H20N2O3S/c1-3-4-15-19-11(2)16(24-15)17(21)20-8-7-12-5-6-13(18(22)23)9-14(12)10-20/h5-6,9H,3-4,7-8,10H2,1-2H3,(H,22,23). The molecule has 1 N–H and O–H groups in total. The lowest BCUT2D eigenvalue weighted by molar-refractivity contribution is 0.0696. The van der Waals surface area contributed by atoms with Gasteiger partial charge < -0.3 is 10.0 Å². The van der Waals surface area contributed by atoms with Gasteiger partial charge in [0.1, 0.15) is 4.88 Å². The first-order valence-corrected chi connectivity index (χ1v) is 8.92. The summed E-state index contributed by atoms with van der Waals surface area (Å²) in [5.74, 6) is -0.942. The summed E-state index contributed by atoms with van der Waals surface area (Å²) in [6.45, 7) is 5.08. The number of carbonyl (C=O) groups excluding carboxylic acids is 1. The van der Waals surface area contributed by atoms with E-state index in [1.807, 2.05) is 13.0 Å². The Hall–Kier alpha value is -2.21. The molecule has 0 aliphatic carbocycles. The maximum atomic E-state index is 12.8. The topological polar surface area (TPSA) is 70.5 Å². The number of aromatic carboxylic acids is 1. The van der Waals surface area contributed by atoms with Crippen LogP contribution >= 0.6 is 11.3 Å². The fourth-order valence-electron chi connectivity index (χ4n) is 2.98. The summed E-state index contributed by atoms with van der Waals surface area (Å²) >= 11 is 1.48. The number of nitrogens with zero attached hydrogens (tertiary/aromatic N) is 2. The van der Waals surface area contributed by atoms with Crippen molar-refractivity contribution in [2.75, 3.05) is 6.54 Å². The number of thiazole rings is 1. The summed E-state index contributed by atoms with van der Waals surface area (Å²) in [5, 5.41) is 10.1. The number of hydrogen-bond donors (Lipinski definition) is 1. The van der Waals surface area contributed by atoms with Gasteiger partial charge >= 0.3 is 5.97 Å². The van der Waals surface area contributed by atoms with Gasteiger partial charge in [0, 0.05) is 13.1 Å². The number of aromatic nitrogens is 1. The number of benzene rings is 1. The Morgan fingerprint density at radius 3 is 2.83 bits per heavy atom. The van der Waals surface area contributed by atoms with Gasteiger partial charge in [0.25, 0.3) is 5.91 Å². The molecule has 1 aromatic heterocycles. The van der Waals surface area contributed by atoms with Gasteiger partial charge in [-0.1, -0.05) is 13.0 Å². The Morgan fingerprint density at radius 2 is 2.12 bits per heavy atom. The first kappa shape index (κ1) is 16.6. The summed E-state index contributed by atoms with van der Waals surface area (Å²) in [6, 6.07) is 5.17. The van der Waals surface area contributed by atoms with Crippen LogP contribution in [0.25, 0.3) is 0 Å². The van der Waals surface area contributed by atoms with Gasteiger partial charge in [-0.25, -0.2) is 9.78 Å². The molecule has 0 saturated heterocycles. The Labute approximate surface area is 145 Å². The minimum absolute atomic E-state index is 0.00117. The summed E-state index contributed by atoms with van der Waals surface area (Å²) in [7, 11) is 0. The number of aryl methyl sites for hydroxylation is 2. The fourth-order valence-corrected chi connectivity index (χ4v) is 4.11. The van der Waals surface area contributed by atoms with Gasteiger partial charge in [0.15, 0.2) is 0 Å². The number of hydrogen-bond acceptors (Lipinski definition) is 4. The largest absolute Gasteiger partial charge is 0.478 e. The number of carboxylic acids is 1. The number of rotatable bonds is 4. The lowest BCUT2D eigenvalue weighted by Gasteiger charge is -2.28. The van der Waals surface area contributed by atoms with Crippen LogP contribution in [0.5, 0.6) is 0 Å². The zero-order chi connectivity index (χ0) is 17.3. The predicted octanol–water partition coefficient (Wildman–Crippen LogP) is 3.30. The van der Waals surface area contributed by atoms with Crippen molar-refractivity contribution in [3.8, 4) is 0 Å². The van der Waals surface area contributed by atoms with Crippen LogP contribution in [0.3, 0.4) is 0 Å². The van der Waals surface area contributed by atoms with Crippen molar-refractivity contribution in [3.63, 3.8) is 0 Å². The number of carboxylic acid groups (broad SMARTS) is 1. The Bertz CT molecular complexity index is 798. The van der Waals surface area contributed by atoms with Crippen LogP contribution in [0, 0.1) is 6.92 Å². The minimum Gasteiger partial charge on any atom is -0.478 e. The Morgan fingerprint density at radius 1 is 1.33 bits per heavy atom. The van der Waals surface area contributed by atoms with Gasteiger partial charge in [0.05, 0.1) is 16.3 Å². The molecule has 0 unspecified atom stereocenters. The third-order valence-corrected chi connectivity index (χ3v) is 5.46. The van der Waals surface area contributed by atoms with E-state index in [9.17, 15) is 9.59 Å². The highest BCUT2D eigenvalue weighted by atomic mass is 32.1. The van der Waals surface area contributed by atoms with E-state index in [2.05, 4.69) is 11.9 Å². The van der Waals surface area contributed by atoms with Crippen molar-refractivity contribution in [2.45, 2.75) is 39.7 Å². The van der Waals surface area contributed by atoms with E-state index in [1.165, 1.54) is 11.3 Å². The molecule has 1 aromatic carbocycles. The van der Waals surface area contributed by atoms with Crippen molar-refractivity contribution >= 4 is 23.2 Å². The third-order valence-electron chi connectivity index (χ3n) is 4.25. The molecule has 5 nitrogen and oxygen atoms in total. The summed E-state index contributed by atoms with van der Waals surface area (Å²) in [5.41, 5.74) is 3.10. The molecule has 3 rings (SSSR count). The van der Waals surface area contributed by atoms with Crippen LogP contribution in [0.2, 0.25) is 0 Å². The lowest BCUT2D eigenvalue weighted by Crippen LogP contribution is -2.36. The highest BCUT2D eigenvalue weighted by molar-refractivity contribution is 7.13. The monoisotopic (exact) mass is 344 g/mol. The molecule has 0 radical (unpaired) electrons. The molecular weight excluding hydrogens is 324 g/mol. The fraction of sp³-hybridized carbons (Fsp3) is 0.389. The molecule has 0 spiro atoms. The molecule has 0 fully saturated rings. The van der Waals surface area contributed by atoms with Crippen molar-refractivity contribution in [1.82, 2.24) is 9.88 Å². The van der Waals surface area contributed by atoms with Gasteiger partial charge in [-0.3, -0.25) is 4.79 Å². The van der Waals surface area contributed by atoms with Gasteiger partial charge in [0.2, 0.25) is 0 Å². The van der Waals surface area contributed by atoms with Crippen molar-refractivity contribution in [3.05, 3.63) is 50.5 Å². The number of carbonyl (C=O) groups is 2. The van der Waals surface area contributed by atoms with Crippen LogP contribution in [-0.2, 0) is 19.4 Å². The zero-order valence-corrected chi connectivity index (χ0v) is 14.7. The van der Waals surface area contributed by atoms with Gasteiger partial charge in [-0.15, -0.1) is 11.3 Å². The van der Waals surface area contributed by atoms with Crippen molar-refractivity contribution in [2.24, 2.45) is 0 Å². The highest BCUT2D eigenvalue weighted by Crippen LogP contribution is 2.26. The Balaban J connectivity index is 1.83. The molecule has 2 aromatic rings. The van der Waals surface area contributed by atoms with Crippen LogP contribution in [-0.4, -0.2) is 33.4 Å². The second kappa shape index (κ2) is 6.73. The zero-order valence-electron chi connectivity index (χ0n) is 13.8. The van der Waals surface area contributed by atoms with Crippen LogP contribution in [0.15, 0.2) is 18.2 Å². The normalized spacial score (nSPS) is 13.7. The minimum atomic E-state index is -0.941. The maximum absolute atomic E-state index is 12.8. The van der Waals surface area contributed by atoms with E-state index in [-0.39, 0.29) is 11.5 Å². The molecular formula is C18H20N2O3S. The van der Waals surface area contributed by atoms with Crippen molar-refractivity contribution < 1.29 is 14.7 Å². The van der Waals surface area contributed by atoms with Crippen LogP contribution in [0.4, 0.5) is 0 Å². The second-order valence-corrected chi connectivity index (χ2v) is 7.12. The van der Waals surface area contributed by atoms with E-state index in [4.69, 9.17) is 5.11 Å². The van der Waals surface area contributed by atoms with E-state index < -0.39 is 5.97 Å². The molecule has 1 aliphatic heterocycles. The number of fused-ring (bicyclic) bond motifs is 1. The molecule has 24 heavy (non-hydrogen) atoms. The SMILES string of the molecule is CCCc1nc(C)c(C(=O)N2CCc3ccc(C(=O)O)cc3C2)s1. The average Bonchev–Trinajstić information content (AvgIpc) is 2.94. The summed E-state index contributed by atoms with van der Waals surface area (Å²) in [4.78, 5) is 31.0. The van der Waals surface area contributed by atoms with E-state index in [1.54, 1.807) is 17.0 Å². The van der Waals surface area contributed by atoms with E-state index >= 15 is 0 Å². The van der Waals surface area contributed by atoms with Crippen molar-refractivity contribution in [1.29, 1.82) is 0 Å². The summed E-state index contributed by atoms with van der Waals surface area (Å²) < 4.78 is 0. The van der Waals surface area contributed by atoms with Gasteiger partial charge in [-0.05, 0) is 49.4 Å². The maximum Gasteiger partial charge on any atom is 0.335 e. The molecule has 1 amide bonds. The lowest BCUT2D eigenvalue weighted by atomic mass is 9.97. The van der Waals surface area contributed by atoms with E-state index in [0.717, 1.165) is 41.1 Å². The molecule has 2 heterocycles. The molecule has 126 valence electrons. The molecule has 0 bridgehead atoms. The highest BCUT2D eigenvalue weighted by Gasteiger charge is 2.25. The number of amides is 1.